The van der Waals surface area contributed by atoms with Crippen LogP contribution in [0.3, 0.4) is 0 Å². The fourth-order valence-corrected chi connectivity index (χ4v) is 3.58. The van der Waals surface area contributed by atoms with E-state index >= 15 is 0 Å². The molecule has 0 radical (unpaired) electrons. The van der Waals surface area contributed by atoms with Crippen LogP contribution in [0.15, 0.2) is 18.2 Å². The number of amides is 1. The highest BCUT2D eigenvalue weighted by Crippen LogP contribution is 2.22. The highest BCUT2D eigenvalue weighted by molar-refractivity contribution is 7.89. The Morgan fingerprint density at radius 1 is 1.48 bits per heavy atom. The van der Waals surface area contributed by atoms with Crippen LogP contribution in [-0.4, -0.2) is 44.6 Å². The van der Waals surface area contributed by atoms with E-state index in [-0.39, 0.29) is 23.5 Å². The first-order chi connectivity index (χ1) is 9.84. The molecule has 0 bridgehead atoms. The predicted octanol–water partition coefficient (Wildman–Crippen LogP) is 1.29. The van der Waals surface area contributed by atoms with Crippen molar-refractivity contribution in [2.75, 3.05) is 19.3 Å². The van der Waals surface area contributed by atoms with Gasteiger partial charge in [-0.25, -0.2) is 17.5 Å². The minimum Gasteiger partial charge on any atom is -0.335 e. The molecule has 7 heteroatoms. The summed E-state index contributed by atoms with van der Waals surface area (Å²) >= 11 is 0. The molecule has 2 rings (SSSR count). The minimum absolute atomic E-state index is 0.102. The summed E-state index contributed by atoms with van der Waals surface area (Å²) in [6.45, 7) is 2.12. The number of sulfonamides is 1. The summed E-state index contributed by atoms with van der Waals surface area (Å²) in [5.41, 5.74) is 0.794. The van der Waals surface area contributed by atoms with Gasteiger partial charge >= 0.3 is 0 Å². The Bertz CT molecular complexity index is 646. The van der Waals surface area contributed by atoms with Crippen molar-refractivity contribution in [1.82, 2.24) is 9.62 Å². The maximum atomic E-state index is 13.3. The Hall–Kier alpha value is -1.47. The average molecular weight is 314 g/mol. The van der Waals surface area contributed by atoms with Crippen molar-refractivity contribution in [2.45, 2.75) is 25.8 Å². The Morgan fingerprint density at radius 3 is 2.81 bits per heavy atom. The highest BCUT2D eigenvalue weighted by atomic mass is 32.2. The van der Waals surface area contributed by atoms with Crippen LogP contribution in [0.1, 0.15) is 28.8 Å². The smallest absolute Gasteiger partial charge is 0.254 e. The zero-order valence-corrected chi connectivity index (χ0v) is 12.9. The summed E-state index contributed by atoms with van der Waals surface area (Å²) in [5, 5.41) is 0. The SMILES string of the molecule is CNS(=O)(=O)C[C@@H]1CCCN1C(=O)c1ccc(F)c(C)c1. The third kappa shape index (κ3) is 3.59. The van der Waals surface area contributed by atoms with Crippen LogP contribution in [-0.2, 0) is 10.0 Å². The molecule has 21 heavy (non-hydrogen) atoms. The van der Waals surface area contributed by atoms with Crippen LogP contribution in [0.5, 0.6) is 0 Å². The van der Waals surface area contributed by atoms with Crippen molar-refractivity contribution in [2.24, 2.45) is 0 Å². The van der Waals surface area contributed by atoms with Crippen LogP contribution in [0.25, 0.3) is 0 Å². The number of aryl methyl sites for hydroxylation is 1. The first kappa shape index (κ1) is 15.9. The number of carbonyl (C=O) groups is 1. The number of benzene rings is 1. The van der Waals surface area contributed by atoms with Gasteiger partial charge in [-0.05, 0) is 50.6 Å². The molecule has 1 fully saturated rings. The number of halogens is 1. The summed E-state index contributed by atoms with van der Waals surface area (Å²) in [5.74, 6) is -0.704. The molecule has 5 nitrogen and oxygen atoms in total. The molecule has 0 spiro atoms. The number of nitrogens with zero attached hydrogens (tertiary/aromatic N) is 1. The van der Waals surface area contributed by atoms with Crippen molar-refractivity contribution >= 4 is 15.9 Å². The third-order valence-corrected chi connectivity index (χ3v) is 5.21. The van der Waals surface area contributed by atoms with E-state index < -0.39 is 10.0 Å². The third-order valence-electron chi connectivity index (χ3n) is 3.77. The zero-order chi connectivity index (χ0) is 15.6. The molecular formula is C14H19FN2O3S. The molecule has 0 aromatic heterocycles. The Labute approximate surface area is 124 Å². The lowest BCUT2D eigenvalue weighted by Crippen LogP contribution is -2.41. The summed E-state index contributed by atoms with van der Waals surface area (Å²) in [6.07, 6.45) is 1.43. The van der Waals surface area contributed by atoms with Crippen molar-refractivity contribution in [1.29, 1.82) is 0 Å². The average Bonchev–Trinajstić information content (AvgIpc) is 2.88. The maximum Gasteiger partial charge on any atom is 0.254 e. The van der Waals surface area contributed by atoms with Crippen LogP contribution in [0.4, 0.5) is 4.39 Å². The molecule has 116 valence electrons. The van der Waals surface area contributed by atoms with Crippen LogP contribution < -0.4 is 4.72 Å². The molecule has 1 aromatic carbocycles. The molecule has 1 aliphatic heterocycles. The molecule has 1 aliphatic rings. The number of hydrogen-bond acceptors (Lipinski definition) is 3. The first-order valence-corrected chi connectivity index (χ1v) is 8.47. The molecule has 1 N–H and O–H groups in total. The molecule has 1 atom stereocenters. The quantitative estimate of drug-likeness (QED) is 0.910. The second-order valence-electron chi connectivity index (χ2n) is 5.24. The second kappa shape index (κ2) is 6.11. The van der Waals surface area contributed by atoms with E-state index in [2.05, 4.69) is 4.72 Å². The van der Waals surface area contributed by atoms with E-state index in [1.807, 2.05) is 0 Å². The van der Waals surface area contributed by atoms with Crippen molar-refractivity contribution in [3.63, 3.8) is 0 Å². The second-order valence-corrected chi connectivity index (χ2v) is 7.22. The van der Waals surface area contributed by atoms with Crippen LogP contribution in [0, 0.1) is 12.7 Å². The molecule has 1 amide bonds. The van der Waals surface area contributed by atoms with Crippen LogP contribution >= 0.6 is 0 Å². The Kier molecular flexibility index (Phi) is 4.63. The fourth-order valence-electron chi connectivity index (χ4n) is 2.56. The van der Waals surface area contributed by atoms with Gasteiger partial charge in [0, 0.05) is 18.2 Å². The summed E-state index contributed by atoms with van der Waals surface area (Å²) in [7, 11) is -2.01. The Morgan fingerprint density at radius 2 is 2.19 bits per heavy atom. The Balaban J connectivity index is 2.19. The highest BCUT2D eigenvalue weighted by Gasteiger charge is 2.32. The summed E-state index contributed by atoms with van der Waals surface area (Å²) < 4.78 is 38.9. The lowest BCUT2D eigenvalue weighted by Gasteiger charge is -2.24. The number of nitrogens with one attached hydrogen (secondary N) is 1. The molecule has 0 aliphatic carbocycles. The first-order valence-electron chi connectivity index (χ1n) is 6.82. The molecule has 0 unspecified atom stereocenters. The molecule has 1 aromatic rings. The van der Waals surface area contributed by atoms with Crippen molar-refractivity contribution in [3.05, 3.63) is 35.1 Å². The molecule has 1 heterocycles. The van der Waals surface area contributed by atoms with E-state index in [9.17, 15) is 17.6 Å². The van der Waals surface area contributed by atoms with Gasteiger partial charge in [-0.2, -0.15) is 0 Å². The van der Waals surface area contributed by atoms with Gasteiger partial charge in [0.25, 0.3) is 5.91 Å². The minimum atomic E-state index is -3.37. The van der Waals surface area contributed by atoms with E-state index in [1.165, 1.54) is 25.2 Å². The van der Waals surface area contributed by atoms with Gasteiger partial charge in [0.1, 0.15) is 5.82 Å². The topological polar surface area (TPSA) is 66.5 Å². The van der Waals surface area contributed by atoms with Gasteiger partial charge in [-0.15, -0.1) is 0 Å². The van der Waals surface area contributed by atoms with E-state index in [4.69, 9.17) is 0 Å². The largest absolute Gasteiger partial charge is 0.335 e. The van der Waals surface area contributed by atoms with Gasteiger partial charge in [-0.3, -0.25) is 4.79 Å². The maximum absolute atomic E-state index is 13.3. The van der Waals surface area contributed by atoms with Gasteiger partial charge in [-0.1, -0.05) is 0 Å². The van der Waals surface area contributed by atoms with Gasteiger partial charge in [0.2, 0.25) is 10.0 Å². The monoisotopic (exact) mass is 314 g/mol. The predicted molar refractivity (Wildman–Crippen MR) is 78.0 cm³/mol. The molecule has 1 saturated heterocycles. The van der Waals surface area contributed by atoms with E-state index in [0.717, 1.165) is 6.42 Å². The standard InChI is InChI=1S/C14H19FN2O3S/c1-10-8-11(5-6-13(10)15)14(18)17-7-3-4-12(17)9-21(19,20)16-2/h5-6,8,12,16H,3-4,7,9H2,1-2H3/t12-/m0/s1. The van der Waals surface area contributed by atoms with E-state index in [0.29, 0.717) is 24.1 Å². The molecular weight excluding hydrogens is 295 g/mol. The van der Waals surface area contributed by atoms with Crippen molar-refractivity contribution < 1.29 is 17.6 Å². The molecule has 0 saturated carbocycles. The lowest BCUT2D eigenvalue weighted by atomic mass is 10.1. The van der Waals surface area contributed by atoms with Gasteiger partial charge < -0.3 is 4.90 Å². The fraction of sp³-hybridized carbons (Fsp3) is 0.500. The van der Waals surface area contributed by atoms with Crippen LogP contribution in [0.2, 0.25) is 0 Å². The van der Waals surface area contributed by atoms with Crippen molar-refractivity contribution in [3.8, 4) is 0 Å². The van der Waals surface area contributed by atoms with Gasteiger partial charge in [0.15, 0.2) is 0 Å². The number of carbonyl (C=O) groups excluding carboxylic acids is 1. The van der Waals surface area contributed by atoms with Gasteiger partial charge in [0.05, 0.1) is 5.75 Å². The number of hydrogen-bond donors (Lipinski definition) is 1. The number of likely N-dealkylation sites (tertiary alicyclic amines) is 1. The summed E-state index contributed by atoms with van der Waals surface area (Å²) in [4.78, 5) is 14.1. The number of rotatable bonds is 4. The van der Waals surface area contributed by atoms with E-state index in [1.54, 1.807) is 11.8 Å². The lowest BCUT2D eigenvalue weighted by molar-refractivity contribution is 0.0749. The summed E-state index contributed by atoms with van der Waals surface area (Å²) in [6, 6.07) is 3.87. The zero-order valence-electron chi connectivity index (χ0n) is 12.1. The normalized spacial score (nSPS) is 19.0.